The van der Waals surface area contributed by atoms with Crippen LogP contribution in [-0.4, -0.2) is 46.2 Å². The van der Waals surface area contributed by atoms with E-state index >= 15 is 0 Å². The number of alkyl carbamates (subject to hydrolysis) is 1. The summed E-state index contributed by atoms with van der Waals surface area (Å²) in [5.41, 5.74) is 12.8. The molecule has 0 bridgehead atoms. The fourth-order valence-corrected chi connectivity index (χ4v) is 4.49. The minimum Gasteiger partial charge on any atom is -0.508 e. The molecule has 2 N–H and O–H groups in total. The zero-order valence-corrected chi connectivity index (χ0v) is 20.9. The Balaban J connectivity index is 1.96. The van der Waals surface area contributed by atoms with Gasteiger partial charge in [0.25, 0.3) is 0 Å². The Morgan fingerprint density at radius 1 is 1.23 bits per heavy atom. The molecule has 0 unspecified atom stereocenters. The number of fused-ring (bicyclic) bond motifs is 1. The maximum absolute atomic E-state index is 13.9. The monoisotopic (exact) mass is 479 g/mol. The summed E-state index contributed by atoms with van der Waals surface area (Å²) in [7, 11) is 0. The van der Waals surface area contributed by atoms with Crippen molar-refractivity contribution >= 4 is 12.0 Å². The Hall–Kier alpha value is -3.71. The van der Waals surface area contributed by atoms with E-state index in [1.165, 1.54) is 0 Å². The first kappa shape index (κ1) is 25.9. The largest absolute Gasteiger partial charge is 0.508 e. The number of amides is 2. The smallest absolute Gasteiger partial charge is 0.408 e. The molecule has 2 amide bonds. The van der Waals surface area contributed by atoms with Crippen LogP contribution < -0.4 is 5.32 Å². The highest BCUT2D eigenvalue weighted by Gasteiger charge is 2.35. The van der Waals surface area contributed by atoms with E-state index in [4.69, 9.17) is 10.3 Å². The van der Waals surface area contributed by atoms with E-state index in [9.17, 15) is 14.7 Å². The number of aromatic hydroxyl groups is 1. The van der Waals surface area contributed by atoms with E-state index in [-0.39, 0.29) is 30.7 Å². The molecule has 0 aliphatic carbocycles. The lowest BCUT2D eigenvalue weighted by Gasteiger charge is -2.38. The highest BCUT2D eigenvalue weighted by Crippen LogP contribution is 2.27. The van der Waals surface area contributed by atoms with Gasteiger partial charge in [-0.05, 0) is 86.5 Å². The van der Waals surface area contributed by atoms with Crippen molar-refractivity contribution in [2.45, 2.75) is 71.7 Å². The molecule has 0 radical (unpaired) electrons. The van der Waals surface area contributed by atoms with Crippen LogP contribution >= 0.6 is 0 Å². The number of nitrogens with zero attached hydrogens (tertiary/aromatic N) is 4. The molecule has 0 spiro atoms. The third-order valence-electron chi connectivity index (χ3n) is 6.07. The number of hydrogen-bond donors (Lipinski definition) is 2. The van der Waals surface area contributed by atoms with Crippen molar-refractivity contribution < 1.29 is 19.4 Å². The molecule has 0 aromatic heterocycles. The topological polar surface area (TPSA) is 128 Å². The second-order valence-corrected chi connectivity index (χ2v) is 9.97. The van der Waals surface area contributed by atoms with Gasteiger partial charge in [0.05, 0.1) is 0 Å². The number of nitrogens with one attached hydrogen (secondary N) is 1. The van der Waals surface area contributed by atoms with Crippen LogP contribution in [0.5, 0.6) is 5.75 Å². The highest BCUT2D eigenvalue weighted by molar-refractivity contribution is 5.86. The lowest BCUT2D eigenvalue weighted by molar-refractivity contribution is -0.136. The van der Waals surface area contributed by atoms with Gasteiger partial charge < -0.3 is 20.1 Å². The number of aryl methyl sites for hydroxylation is 2. The minimum absolute atomic E-state index is 0.132. The average Bonchev–Trinajstić information content (AvgIpc) is 2.76. The highest BCUT2D eigenvalue weighted by atomic mass is 16.6. The third-order valence-corrected chi connectivity index (χ3v) is 6.07. The molecular weight excluding hydrogens is 446 g/mol. The number of ether oxygens (including phenoxy) is 1. The second-order valence-electron chi connectivity index (χ2n) is 9.97. The molecule has 0 saturated heterocycles. The van der Waals surface area contributed by atoms with E-state index in [0.29, 0.717) is 13.0 Å². The summed E-state index contributed by atoms with van der Waals surface area (Å²) in [4.78, 5) is 31.2. The van der Waals surface area contributed by atoms with Gasteiger partial charge >= 0.3 is 6.09 Å². The summed E-state index contributed by atoms with van der Waals surface area (Å²) >= 11 is 0. The molecule has 1 heterocycles. The number of phenols is 1. The zero-order chi connectivity index (χ0) is 25.8. The van der Waals surface area contributed by atoms with E-state index in [0.717, 1.165) is 27.8 Å². The molecule has 186 valence electrons. The van der Waals surface area contributed by atoms with Crippen molar-refractivity contribution in [3.63, 3.8) is 0 Å². The van der Waals surface area contributed by atoms with Crippen molar-refractivity contribution in [1.29, 1.82) is 0 Å². The summed E-state index contributed by atoms with van der Waals surface area (Å²) < 4.78 is 5.44. The Labute approximate surface area is 205 Å². The van der Waals surface area contributed by atoms with Crippen molar-refractivity contribution in [3.8, 4) is 5.75 Å². The van der Waals surface area contributed by atoms with Gasteiger partial charge in [0.1, 0.15) is 17.4 Å². The van der Waals surface area contributed by atoms with Gasteiger partial charge in [-0.1, -0.05) is 29.4 Å². The fraction of sp³-hybridized carbons (Fsp3) is 0.462. The minimum atomic E-state index is -0.911. The quantitative estimate of drug-likeness (QED) is 0.353. The number of rotatable bonds is 6. The number of carbonyl (C=O) groups excluding carboxylic acids is 2. The van der Waals surface area contributed by atoms with E-state index in [2.05, 4.69) is 15.3 Å². The zero-order valence-electron chi connectivity index (χ0n) is 20.9. The van der Waals surface area contributed by atoms with E-state index in [1.54, 1.807) is 37.8 Å². The lowest BCUT2D eigenvalue weighted by atomic mass is 9.91. The summed E-state index contributed by atoms with van der Waals surface area (Å²) in [5, 5.41) is 16.5. The molecule has 35 heavy (non-hydrogen) atoms. The van der Waals surface area contributed by atoms with Gasteiger partial charge in [0.2, 0.25) is 5.91 Å². The molecule has 2 aromatic rings. The number of carbonyl (C=O) groups is 2. The first-order chi connectivity index (χ1) is 16.5. The molecule has 9 nitrogen and oxygen atoms in total. The van der Waals surface area contributed by atoms with Gasteiger partial charge in [0.15, 0.2) is 0 Å². The fourth-order valence-electron chi connectivity index (χ4n) is 4.49. The van der Waals surface area contributed by atoms with Crippen molar-refractivity contribution in [2.75, 3.05) is 6.54 Å². The van der Waals surface area contributed by atoms with Crippen molar-refractivity contribution in [2.24, 2.45) is 5.11 Å². The molecule has 0 fully saturated rings. The maximum Gasteiger partial charge on any atom is 0.408 e. The normalized spacial score (nSPS) is 16.0. The number of hydrogen-bond acceptors (Lipinski definition) is 5. The standard InChI is InChI=1S/C26H33N5O4/c1-16-10-21(32)11-17(2)22(16)13-23(29-25(34)35-26(3,4)5)24(33)31-15-19-9-7-6-8-18(19)12-20(31)14-28-30-27/h6-11,20,23,32H,12-15H2,1-5H3,(H,29,34)/t20-,23-/m0/s1. The van der Waals surface area contributed by atoms with Crippen LogP contribution in [0.3, 0.4) is 0 Å². The Morgan fingerprint density at radius 2 is 1.86 bits per heavy atom. The van der Waals surface area contributed by atoms with Crippen molar-refractivity contribution in [3.05, 3.63) is 74.7 Å². The molecule has 2 atom stereocenters. The first-order valence-corrected chi connectivity index (χ1v) is 11.6. The summed E-state index contributed by atoms with van der Waals surface area (Å²) in [5.74, 6) is -0.135. The predicted octanol–water partition coefficient (Wildman–Crippen LogP) is 4.71. The maximum atomic E-state index is 13.9. The van der Waals surface area contributed by atoms with Gasteiger partial charge in [-0.3, -0.25) is 4.79 Å². The van der Waals surface area contributed by atoms with Gasteiger partial charge in [-0.25, -0.2) is 4.79 Å². The second kappa shape index (κ2) is 10.7. The molecular formula is C26H33N5O4. The van der Waals surface area contributed by atoms with Crippen LogP contribution in [0.15, 0.2) is 41.5 Å². The lowest BCUT2D eigenvalue weighted by Crippen LogP contribution is -2.55. The van der Waals surface area contributed by atoms with Crippen LogP contribution in [0.1, 0.15) is 48.6 Å². The van der Waals surface area contributed by atoms with Gasteiger partial charge in [0, 0.05) is 30.5 Å². The van der Waals surface area contributed by atoms with Crippen LogP contribution in [0.4, 0.5) is 4.79 Å². The van der Waals surface area contributed by atoms with E-state index in [1.807, 2.05) is 38.1 Å². The third kappa shape index (κ3) is 6.67. The molecule has 2 aromatic carbocycles. The summed E-state index contributed by atoms with van der Waals surface area (Å²) in [6, 6.07) is 9.89. The molecule has 1 aliphatic heterocycles. The SMILES string of the molecule is Cc1cc(O)cc(C)c1C[C@H](NC(=O)OC(C)(C)C)C(=O)N1Cc2ccccc2C[C@H]1CN=[N+]=[N-]. The first-order valence-electron chi connectivity index (χ1n) is 11.6. The molecule has 0 saturated carbocycles. The van der Waals surface area contributed by atoms with Gasteiger partial charge in [-0.15, -0.1) is 0 Å². The van der Waals surface area contributed by atoms with Crippen LogP contribution in [0.25, 0.3) is 10.4 Å². The van der Waals surface area contributed by atoms with Crippen LogP contribution in [0, 0.1) is 13.8 Å². The average molecular weight is 480 g/mol. The summed E-state index contributed by atoms with van der Waals surface area (Å²) in [6.45, 7) is 9.48. The molecule has 1 aliphatic rings. The number of phenolic OH excluding ortho intramolecular Hbond substituents is 1. The van der Waals surface area contributed by atoms with Crippen LogP contribution in [-0.2, 0) is 28.9 Å². The molecule has 3 rings (SSSR count). The number of azide groups is 1. The molecule has 9 heteroatoms. The van der Waals surface area contributed by atoms with Gasteiger partial charge in [-0.2, -0.15) is 0 Å². The Morgan fingerprint density at radius 3 is 2.46 bits per heavy atom. The number of benzene rings is 2. The summed E-state index contributed by atoms with van der Waals surface area (Å²) in [6.07, 6.45) is 0.0914. The van der Waals surface area contributed by atoms with Crippen molar-refractivity contribution in [1.82, 2.24) is 10.2 Å². The van der Waals surface area contributed by atoms with E-state index < -0.39 is 17.7 Å². The Bertz CT molecular complexity index is 1130. The van der Waals surface area contributed by atoms with Crippen LogP contribution in [0.2, 0.25) is 0 Å². The Kier molecular flexibility index (Phi) is 7.92. The predicted molar refractivity (Wildman–Crippen MR) is 133 cm³/mol.